The molecule has 0 aliphatic carbocycles. The van der Waals surface area contributed by atoms with Crippen LogP contribution in [0.3, 0.4) is 0 Å². The third-order valence-electron chi connectivity index (χ3n) is 0.949. The van der Waals surface area contributed by atoms with Crippen LogP contribution in [-0.4, -0.2) is 5.11 Å². The average molecular weight is 109 g/mol. The Labute approximate surface area is 50.0 Å². The molecule has 8 heavy (non-hydrogen) atoms. The van der Waals surface area contributed by atoms with Gasteiger partial charge in [0.1, 0.15) is 0 Å². The van der Waals surface area contributed by atoms with Crippen LogP contribution in [0.5, 0.6) is 0 Å². The molecule has 0 spiro atoms. The van der Waals surface area contributed by atoms with Crippen molar-refractivity contribution >= 4 is 0 Å². The standard InChI is InChI=1S/C7H8O/c8-6-7-4-2-1-3-5-7/h1-5,8H,6H2/i6D/t6-/m1/s1. The Bertz CT molecular complexity index is 172. The highest BCUT2D eigenvalue weighted by molar-refractivity contribution is 5.12. The maximum Gasteiger partial charge on any atom is 0.0681 e. The topological polar surface area (TPSA) is 20.2 Å². The lowest BCUT2D eigenvalue weighted by Crippen LogP contribution is -1.77. The lowest BCUT2D eigenvalue weighted by Gasteiger charge is -1.89. The van der Waals surface area contributed by atoms with Crippen LogP contribution < -0.4 is 0 Å². The fourth-order valence-corrected chi connectivity index (χ4v) is 0.539. The fourth-order valence-electron chi connectivity index (χ4n) is 0.539. The Morgan fingerprint density at radius 3 is 2.38 bits per heavy atom. The van der Waals surface area contributed by atoms with Crippen LogP contribution >= 0.6 is 0 Å². The van der Waals surface area contributed by atoms with E-state index < -0.39 is 6.58 Å². The molecule has 1 aromatic carbocycles. The number of rotatable bonds is 1. The zero-order chi connectivity index (χ0) is 6.69. The highest BCUT2D eigenvalue weighted by Gasteiger charge is 1.81. The first-order valence-electron chi connectivity index (χ1n) is 3.03. The van der Waals surface area contributed by atoms with Gasteiger partial charge in [-0.15, -0.1) is 0 Å². The van der Waals surface area contributed by atoms with Crippen LogP contribution in [0.1, 0.15) is 6.93 Å². The summed E-state index contributed by atoms with van der Waals surface area (Å²) in [5, 5.41) is 8.69. The van der Waals surface area contributed by atoms with Gasteiger partial charge in [-0.05, 0) is 5.56 Å². The Morgan fingerprint density at radius 1 is 1.38 bits per heavy atom. The highest BCUT2D eigenvalue weighted by atomic mass is 16.3. The van der Waals surface area contributed by atoms with E-state index in [4.69, 9.17) is 6.48 Å². The van der Waals surface area contributed by atoms with Crippen molar-refractivity contribution in [2.75, 3.05) is 0 Å². The van der Waals surface area contributed by atoms with Gasteiger partial charge in [-0.3, -0.25) is 0 Å². The number of aliphatic hydroxyl groups is 1. The van der Waals surface area contributed by atoms with E-state index in [1.54, 1.807) is 24.3 Å². The Balaban J connectivity index is 2.85. The van der Waals surface area contributed by atoms with Gasteiger partial charge in [0, 0.05) is 0 Å². The molecule has 0 saturated carbocycles. The third kappa shape index (κ3) is 1.07. The summed E-state index contributed by atoms with van der Waals surface area (Å²) in [5.41, 5.74) is 0.637. The first kappa shape index (κ1) is 4.10. The molecule has 0 saturated heterocycles. The molecule has 1 aromatic rings. The van der Waals surface area contributed by atoms with Crippen LogP contribution in [0.2, 0.25) is 0 Å². The number of hydrogen-bond donors (Lipinski definition) is 1. The molecule has 0 bridgehead atoms. The first-order chi connectivity index (χ1) is 4.30. The molecule has 1 nitrogen and oxygen atoms in total. The van der Waals surface area contributed by atoms with Gasteiger partial charge in [-0.2, -0.15) is 0 Å². The summed E-state index contributed by atoms with van der Waals surface area (Å²) in [6, 6.07) is 8.89. The van der Waals surface area contributed by atoms with E-state index >= 15 is 0 Å². The summed E-state index contributed by atoms with van der Waals surface area (Å²) in [6.45, 7) is -1.09. The molecule has 1 heteroatoms. The minimum Gasteiger partial charge on any atom is -0.392 e. The largest absolute Gasteiger partial charge is 0.392 e. The van der Waals surface area contributed by atoms with E-state index in [1.807, 2.05) is 6.07 Å². The van der Waals surface area contributed by atoms with Crippen LogP contribution in [0.15, 0.2) is 30.3 Å². The summed E-state index contributed by atoms with van der Waals surface area (Å²) in [7, 11) is 0. The quantitative estimate of drug-likeness (QED) is 0.574. The molecule has 42 valence electrons. The fraction of sp³-hybridized carbons (Fsp3) is 0.143. The maximum atomic E-state index is 8.69. The zero-order valence-corrected chi connectivity index (χ0v) is 4.41. The van der Waals surface area contributed by atoms with E-state index in [0.29, 0.717) is 5.56 Å². The SMILES string of the molecule is [2H][C@@H](O)c1ccccc1. The van der Waals surface area contributed by atoms with E-state index in [-0.39, 0.29) is 0 Å². The summed E-state index contributed by atoms with van der Waals surface area (Å²) < 4.78 is 6.87. The molecular formula is C7H8O. The summed E-state index contributed by atoms with van der Waals surface area (Å²) in [4.78, 5) is 0. The molecule has 0 aromatic heterocycles. The second-order valence-corrected chi connectivity index (χ2v) is 1.54. The predicted octanol–water partition coefficient (Wildman–Crippen LogP) is 1.18. The molecule has 1 rings (SSSR count). The summed E-state index contributed by atoms with van der Waals surface area (Å²) in [5.74, 6) is 0. The summed E-state index contributed by atoms with van der Waals surface area (Å²) in [6.07, 6.45) is 0. The molecule has 0 fully saturated rings. The second kappa shape index (κ2) is 2.48. The maximum absolute atomic E-state index is 8.69. The molecule has 0 unspecified atom stereocenters. The van der Waals surface area contributed by atoms with Gasteiger partial charge in [-0.1, -0.05) is 30.3 Å². The van der Waals surface area contributed by atoms with Gasteiger partial charge in [0.05, 0.1) is 7.95 Å². The lowest BCUT2D eigenvalue weighted by atomic mass is 10.2. The van der Waals surface area contributed by atoms with E-state index in [0.717, 1.165) is 0 Å². The Kier molecular flexibility index (Phi) is 1.27. The number of hydrogen-bond acceptors (Lipinski definition) is 1. The average Bonchev–Trinajstić information content (AvgIpc) is 1.90. The Morgan fingerprint density at radius 2 is 2.00 bits per heavy atom. The van der Waals surface area contributed by atoms with E-state index in [9.17, 15) is 0 Å². The zero-order valence-electron chi connectivity index (χ0n) is 5.41. The normalized spacial score (nSPS) is 14.9. The van der Waals surface area contributed by atoms with Crippen molar-refractivity contribution < 1.29 is 6.48 Å². The molecule has 1 N–H and O–H groups in total. The smallest absolute Gasteiger partial charge is 0.0681 e. The minimum absolute atomic E-state index is 0.637. The molecular weight excluding hydrogens is 100 g/mol. The molecule has 0 heterocycles. The Hall–Kier alpha value is -0.820. The van der Waals surface area contributed by atoms with Crippen molar-refractivity contribution in [2.45, 2.75) is 6.58 Å². The van der Waals surface area contributed by atoms with Gasteiger partial charge in [0.15, 0.2) is 0 Å². The van der Waals surface area contributed by atoms with Crippen molar-refractivity contribution in [1.29, 1.82) is 0 Å². The van der Waals surface area contributed by atoms with Gasteiger partial charge >= 0.3 is 0 Å². The van der Waals surface area contributed by atoms with Gasteiger partial charge in [0.25, 0.3) is 0 Å². The lowest BCUT2D eigenvalue weighted by molar-refractivity contribution is 0.282. The molecule has 0 radical (unpaired) electrons. The second-order valence-electron chi connectivity index (χ2n) is 1.54. The van der Waals surface area contributed by atoms with Crippen molar-refractivity contribution in [1.82, 2.24) is 0 Å². The monoisotopic (exact) mass is 109 g/mol. The summed E-state index contributed by atoms with van der Waals surface area (Å²) >= 11 is 0. The molecule has 1 atom stereocenters. The number of benzene rings is 1. The highest BCUT2D eigenvalue weighted by Crippen LogP contribution is 1.95. The van der Waals surface area contributed by atoms with Crippen molar-refractivity contribution in [2.24, 2.45) is 0 Å². The minimum atomic E-state index is -1.09. The van der Waals surface area contributed by atoms with Crippen LogP contribution in [-0.2, 0) is 6.58 Å². The predicted molar refractivity (Wildman–Crippen MR) is 32.4 cm³/mol. The van der Waals surface area contributed by atoms with Gasteiger partial charge in [0.2, 0.25) is 0 Å². The molecule has 0 aliphatic heterocycles. The van der Waals surface area contributed by atoms with Crippen LogP contribution in [0.25, 0.3) is 0 Å². The van der Waals surface area contributed by atoms with Gasteiger partial charge < -0.3 is 5.11 Å². The van der Waals surface area contributed by atoms with Crippen molar-refractivity contribution in [3.63, 3.8) is 0 Å². The third-order valence-corrected chi connectivity index (χ3v) is 0.949. The van der Waals surface area contributed by atoms with Crippen molar-refractivity contribution in [3.8, 4) is 0 Å². The molecule has 0 amide bonds. The van der Waals surface area contributed by atoms with E-state index in [2.05, 4.69) is 0 Å². The van der Waals surface area contributed by atoms with E-state index in [1.165, 1.54) is 0 Å². The van der Waals surface area contributed by atoms with Crippen LogP contribution in [0, 0.1) is 0 Å². The molecule has 0 aliphatic rings. The number of aliphatic hydroxyl groups excluding tert-OH is 1. The van der Waals surface area contributed by atoms with Crippen LogP contribution in [0.4, 0.5) is 0 Å². The van der Waals surface area contributed by atoms with Gasteiger partial charge in [-0.25, -0.2) is 0 Å². The first-order valence-corrected chi connectivity index (χ1v) is 2.46. The van der Waals surface area contributed by atoms with Crippen molar-refractivity contribution in [3.05, 3.63) is 35.9 Å².